The first-order valence-electron chi connectivity index (χ1n) is 7.74. The second kappa shape index (κ2) is 6.35. The lowest BCUT2D eigenvalue weighted by atomic mass is 9.94. The van der Waals surface area contributed by atoms with Crippen LogP contribution in [0.5, 0.6) is 0 Å². The number of piperidine rings is 1. The van der Waals surface area contributed by atoms with Crippen LogP contribution in [0.3, 0.4) is 0 Å². The molecule has 4 nitrogen and oxygen atoms in total. The number of nitrogens with one attached hydrogen (secondary N) is 1. The van der Waals surface area contributed by atoms with Gasteiger partial charge < -0.3 is 10.2 Å². The Labute approximate surface area is 120 Å². The first-order valence-corrected chi connectivity index (χ1v) is 7.74. The highest BCUT2D eigenvalue weighted by Gasteiger charge is 2.31. The summed E-state index contributed by atoms with van der Waals surface area (Å²) in [5.41, 5.74) is 1.23. The van der Waals surface area contributed by atoms with Crippen molar-refractivity contribution in [1.29, 1.82) is 0 Å². The normalized spacial score (nSPS) is 24.0. The number of likely N-dealkylation sites (tertiary alicyclic amines) is 1. The maximum atomic E-state index is 12.6. The van der Waals surface area contributed by atoms with Gasteiger partial charge in [-0.1, -0.05) is 0 Å². The van der Waals surface area contributed by atoms with Crippen molar-refractivity contribution in [2.24, 2.45) is 5.92 Å². The SMILES string of the molecule is O=C(CC1CCNCC1)N1CCCC1c1ccncc1. The average molecular weight is 273 g/mol. The zero-order chi connectivity index (χ0) is 13.8. The molecule has 1 unspecified atom stereocenters. The Morgan fingerprint density at radius 1 is 1.25 bits per heavy atom. The highest BCUT2D eigenvalue weighted by molar-refractivity contribution is 5.77. The predicted octanol–water partition coefficient (Wildman–Crippen LogP) is 2.13. The van der Waals surface area contributed by atoms with E-state index >= 15 is 0 Å². The van der Waals surface area contributed by atoms with E-state index in [1.807, 2.05) is 24.5 Å². The summed E-state index contributed by atoms with van der Waals surface area (Å²) in [6.45, 7) is 3.04. The van der Waals surface area contributed by atoms with Gasteiger partial charge in [0.2, 0.25) is 5.91 Å². The molecule has 4 heteroatoms. The van der Waals surface area contributed by atoms with Gasteiger partial charge >= 0.3 is 0 Å². The van der Waals surface area contributed by atoms with Crippen LogP contribution in [0.1, 0.15) is 43.7 Å². The van der Waals surface area contributed by atoms with Crippen molar-refractivity contribution in [3.8, 4) is 0 Å². The summed E-state index contributed by atoms with van der Waals surface area (Å²) in [6, 6.07) is 4.36. The van der Waals surface area contributed by atoms with Gasteiger partial charge in [0.1, 0.15) is 0 Å². The summed E-state index contributed by atoms with van der Waals surface area (Å²) in [6.07, 6.45) is 8.85. The van der Waals surface area contributed by atoms with Gasteiger partial charge in [0.05, 0.1) is 6.04 Å². The van der Waals surface area contributed by atoms with Crippen LogP contribution >= 0.6 is 0 Å². The maximum absolute atomic E-state index is 12.6. The van der Waals surface area contributed by atoms with E-state index in [0.717, 1.165) is 51.7 Å². The van der Waals surface area contributed by atoms with Gasteiger partial charge in [-0.15, -0.1) is 0 Å². The molecule has 0 radical (unpaired) electrons. The minimum atomic E-state index is 0.271. The van der Waals surface area contributed by atoms with E-state index in [1.54, 1.807) is 0 Å². The van der Waals surface area contributed by atoms with Crippen LogP contribution in [0, 0.1) is 5.92 Å². The second-order valence-electron chi connectivity index (χ2n) is 5.92. The van der Waals surface area contributed by atoms with Gasteiger partial charge in [0, 0.05) is 25.4 Å². The molecule has 1 aromatic heterocycles. The summed E-state index contributed by atoms with van der Waals surface area (Å²) in [7, 11) is 0. The van der Waals surface area contributed by atoms with Gasteiger partial charge in [0.15, 0.2) is 0 Å². The number of carbonyl (C=O) groups is 1. The van der Waals surface area contributed by atoms with E-state index in [2.05, 4.69) is 15.2 Å². The molecule has 20 heavy (non-hydrogen) atoms. The molecule has 3 rings (SSSR count). The van der Waals surface area contributed by atoms with E-state index in [9.17, 15) is 4.79 Å². The molecule has 108 valence electrons. The quantitative estimate of drug-likeness (QED) is 0.917. The molecule has 0 aromatic carbocycles. The molecule has 2 aliphatic rings. The first kappa shape index (κ1) is 13.6. The molecular formula is C16H23N3O. The summed E-state index contributed by atoms with van der Waals surface area (Å²) < 4.78 is 0. The molecule has 0 aliphatic carbocycles. The highest BCUT2D eigenvalue weighted by Crippen LogP contribution is 2.33. The number of rotatable bonds is 3. The number of hydrogen-bond acceptors (Lipinski definition) is 3. The van der Waals surface area contributed by atoms with Crippen LogP contribution in [0.15, 0.2) is 24.5 Å². The third-order valence-corrected chi connectivity index (χ3v) is 4.59. The Kier molecular flexibility index (Phi) is 4.31. The summed E-state index contributed by atoms with van der Waals surface area (Å²) in [5.74, 6) is 0.915. The molecule has 2 fully saturated rings. The van der Waals surface area contributed by atoms with Crippen LogP contribution in [0.4, 0.5) is 0 Å². The van der Waals surface area contributed by atoms with Gasteiger partial charge in [-0.25, -0.2) is 0 Å². The highest BCUT2D eigenvalue weighted by atomic mass is 16.2. The summed E-state index contributed by atoms with van der Waals surface area (Å²) in [5, 5.41) is 3.36. The Morgan fingerprint density at radius 3 is 2.75 bits per heavy atom. The fraction of sp³-hybridized carbons (Fsp3) is 0.625. The molecule has 1 atom stereocenters. The number of amides is 1. The Morgan fingerprint density at radius 2 is 2.00 bits per heavy atom. The van der Waals surface area contributed by atoms with Crippen molar-refractivity contribution in [2.45, 2.75) is 38.1 Å². The minimum Gasteiger partial charge on any atom is -0.336 e. The van der Waals surface area contributed by atoms with E-state index in [1.165, 1.54) is 5.56 Å². The number of pyridine rings is 1. The van der Waals surface area contributed by atoms with Crippen molar-refractivity contribution in [2.75, 3.05) is 19.6 Å². The van der Waals surface area contributed by atoms with Crippen LogP contribution < -0.4 is 5.32 Å². The van der Waals surface area contributed by atoms with Crippen LogP contribution in [-0.4, -0.2) is 35.4 Å². The molecule has 0 bridgehead atoms. The zero-order valence-electron chi connectivity index (χ0n) is 11.9. The van der Waals surface area contributed by atoms with Gasteiger partial charge in [-0.3, -0.25) is 9.78 Å². The second-order valence-corrected chi connectivity index (χ2v) is 5.92. The topological polar surface area (TPSA) is 45.2 Å². The number of aromatic nitrogens is 1. The lowest BCUT2D eigenvalue weighted by Gasteiger charge is -2.28. The fourth-order valence-electron chi connectivity index (χ4n) is 3.45. The van der Waals surface area contributed by atoms with Crippen LogP contribution in [0.25, 0.3) is 0 Å². The monoisotopic (exact) mass is 273 g/mol. The average Bonchev–Trinajstić information content (AvgIpc) is 2.99. The zero-order valence-corrected chi connectivity index (χ0v) is 11.9. The Bertz CT molecular complexity index is 442. The molecule has 1 N–H and O–H groups in total. The van der Waals surface area contributed by atoms with Crippen molar-refractivity contribution in [3.63, 3.8) is 0 Å². The lowest BCUT2D eigenvalue weighted by molar-refractivity contribution is -0.133. The van der Waals surface area contributed by atoms with Gasteiger partial charge in [-0.05, 0) is 62.4 Å². The van der Waals surface area contributed by atoms with Crippen molar-refractivity contribution in [3.05, 3.63) is 30.1 Å². The Hall–Kier alpha value is -1.42. The fourth-order valence-corrected chi connectivity index (χ4v) is 3.45. The molecule has 1 aromatic rings. The Balaban J connectivity index is 1.64. The smallest absolute Gasteiger partial charge is 0.223 e. The van der Waals surface area contributed by atoms with E-state index in [4.69, 9.17) is 0 Å². The number of carbonyl (C=O) groups excluding carboxylic acids is 1. The lowest BCUT2D eigenvalue weighted by Crippen LogP contribution is -2.35. The summed E-state index contributed by atoms with van der Waals surface area (Å²) >= 11 is 0. The number of hydrogen-bond donors (Lipinski definition) is 1. The molecule has 1 amide bonds. The molecule has 3 heterocycles. The van der Waals surface area contributed by atoms with E-state index in [-0.39, 0.29) is 6.04 Å². The first-order chi connectivity index (χ1) is 9.84. The third-order valence-electron chi connectivity index (χ3n) is 4.59. The van der Waals surface area contributed by atoms with Gasteiger partial charge in [0.25, 0.3) is 0 Å². The molecule has 0 saturated carbocycles. The molecular weight excluding hydrogens is 250 g/mol. The minimum absolute atomic E-state index is 0.271. The standard InChI is InChI=1S/C16H23N3O/c20-16(12-13-3-7-17-8-4-13)19-11-1-2-15(19)14-5-9-18-10-6-14/h5-6,9-10,13,15,17H,1-4,7-8,11-12H2. The molecule has 2 aliphatic heterocycles. The van der Waals surface area contributed by atoms with Gasteiger partial charge in [-0.2, -0.15) is 0 Å². The van der Waals surface area contributed by atoms with E-state index < -0.39 is 0 Å². The van der Waals surface area contributed by atoms with Crippen LogP contribution in [0.2, 0.25) is 0 Å². The largest absolute Gasteiger partial charge is 0.336 e. The maximum Gasteiger partial charge on any atom is 0.223 e. The van der Waals surface area contributed by atoms with Crippen molar-refractivity contribution in [1.82, 2.24) is 15.2 Å². The molecule has 0 spiro atoms. The van der Waals surface area contributed by atoms with E-state index in [0.29, 0.717) is 11.8 Å². The van der Waals surface area contributed by atoms with Crippen LogP contribution in [-0.2, 0) is 4.79 Å². The molecule has 2 saturated heterocycles. The summed E-state index contributed by atoms with van der Waals surface area (Å²) in [4.78, 5) is 18.8. The predicted molar refractivity (Wildman–Crippen MR) is 78.1 cm³/mol. The third kappa shape index (κ3) is 3.01. The van der Waals surface area contributed by atoms with Crippen molar-refractivity contribution < 1.29 is 4.79 Å². The number of nitrogens with zero attached hydrogens (tertiary/aromatic N) is 2. The van der Waals surface area contributed by atoms with Crippen molar-refractivity contribution >= 4 is 5.91 Å².